The van der Waals surface area contributed by atoms with E-state index < -0.39 is 28.5 Å². The average Bonchev–Trinajstić information content (AvgIpc) is 2.62. The summed E-state index contributed by atoms with van der Waals surface area (Å²) in [6, 6.07) is 0.188. The maximum atomic E-state index is 12.3. The van der Waals surface area contributed by atoms with Gasteiger partial charge in [0.25, 0.3) is 5.91 Å². The molecule has 1 heterocycles. The van der Waals surface area contributed by atoms with Crippen LogP contribution >= 0.6 is 21.7 Å². The van der Waals surface area contributed by atoms with E-state index in [2.05, 4.69) is 20.9 Å². The summed E-state index contributed by atoms with van der Waals surface area (Å²) in [6.45, 7) is 0.355. The molecule has 0 aromatic carbocycles. The number of hydrogen-bond donors (Lipinski definition) is 5. The Morgan fingerprint density at radius 2 is 2.23 bits per heavy atom. The van der Waals surface area contributed by atoms with E-state index in [1.807, 2.05) is 0 Å². The number of aromatic nitrogens is 1. The van der Waals surface area contributed by atoms with E-state index in [1.54, 1.807) is 0 Å². The standard InChI is InChI=1S/C13H18ClN7O4S/c1-17-11(23)8(3-2-4-18-13(15)16)20-10(22)7-5-9(21(24)25)12(26-14)19-6-7/h5-6,8H,2-4H2,1H3,(H,17,23)(H,20,22)(H4,15,16,18). The summed E-state index contributed by atoms with van der Waals surface area (Å²) >= 11 is 0. The van der Waals surface area contributed by atoms with Crippen molar-refractivity contribution < 1.29 is 14.5 Å². The van der Waals surface area contributed by atoms with Crippen molar-refractivity contribution in [2.75, 3.05) is 13.6 Å². The summed E-state index contributed by atoms with van der Waals surface area (Å²) in [5, 5.41) is 25.6. The lowest BCUT2D eigenvalue weighted by molar-refractivity contribution is -0.388. The van der Waals surface area contributed by atoms with Crippen LogP contribution in [0.25, 0.3) is 0 Å². The third kappa shape index (κ3) is 6.37. The minimum atomic E-state index is -0.859. The molecule has 26 heavy (non-hydrogen) atoms. The van der Waals surface area contributed by atoms with Gasteiger partial charge in [-0.25, -0.2) is 4.98 Å². The number of nitrogens with zero attached hydrogens (tertiary/aromatic N) is 2. The molecule has 142 valence electrons. The summed E-state index contributed by atoms with van der Waals surface area (Å²) in [4.78, 5) is 38.4. The molecule has 0 saturated carbocycles. The first-order valence-corrected chi connectivity index (χ1v) is 8.97. The lowest BCUT2D eigenvalue weighted by Gasteiger charge is -2.17. The van der Waals surface area contributed by atoms with Crippen molar-refractivity contribution in [3.8, 4) is 0 Å². The highest BCUT2D eigenvalue weighted by Gasteiger charge is 2.23. The van der Waals surface area contributed by atoms with Gasteiger partial charge in [-0.2, -0.15) is 0 Å². The monoisotopic (exact) mass is 403 g/mol. The number of nitro groups is 1. The first kappa shape index (κ1) is 21.4. The first-order valence-electron chi connectivity index (χ1n) is 7.33. The second-order valence-corrected chi connectivity index (χ2v) is 6.01. The van der Waals surface area contributed by atoms with Gasteiger partial charge in [0.15, 0.2) is 11.0 Å². The van der Waals surface area contributed by atoms with Gasteiger partial charge in [0.2, 0.25) is 5.91 Å². The Labute approximate surface area is 157 Å². The molecule has 0 bridgehead atoms. The van der Waals surface area contributed by atoms with Crippen LogP contribution in [0.1, 0.15) is 23.2 Å². The minimum absolute atomic E-state index is 0.0358. The minimum Gasteiger partial charge on any atom is -0.370 e. The molecule has 0 saturated heterocycles. The Hall–Kier alpha value is -2.60. The van der Waals surface area contributed by atoms with Gasteiger partial charge in [-0.15, -0.1) is 0 Å². The van der Waals surface area contributed by atoms with Crippen LogP contribution in [0.2, 0.25) is 0 Å². The smallest absolute Gasteiger partial charge is 0.303 e. The summed E-state index contributed by atoms with van der Waals surface area (Å²) in [7, 11) is 7.51. The van der Waals surface area contributed by atoms with Crippen molar-refractivity contribution in [2.45, 2.75) is 23.9 Å². The average molecular weight is 404 g/mol. The molecule has 1 aromatic rings. The van der Waals surface area contributed by atoms with E-state index in [1.165, 1.54) is 7.05 Å². The highest BCUT2D eigenvalue weighted by atomic mass is 35.7. The molecular formula is C13H18ClN7O4S. The quantitative estimate of drug-likeness (QED) is 0.129. The molecule has 0 fully saturated rings. The van der Waals surface area contributed by atoms with Crippen LogP contribution in [0, 0.1) is 15.5 Å². The molecule has 1 rings (SSSR count). The molecule has 1 unspecified atom stereocenters. The second-order valence-electron chi connectivity index (χ2n) is 5.01. The van der Waals surface area contributed by atoms with Crippen LogP contribution in [0.3, 0.4) is 0 Å². The highest BCUT2D eigenvalue weighted by molar-refractivity contribution is 8.21. The van der Waals surface area contributed by atoms with Crippen LogP contribution in [0.15, 0.2) is 17.3 Å². The predicted octanol–water partition coefficient (Wildman–Crippen LogP) is 0.343. The van der Waals surface area contributed by atoms with Crippen molar-refractivity contribution in [3.63, 3.8) is 0 Å². The molecule has 1 atom stereocenters. The van der Waals surface area contributed by atoms with E-state index >= 15 is 0 Å². The third-order valence-corrected chi connectivity index (χ3v) is 4.12. The fraction of sp³-hybridized carbons (Fsp3) is 0.385. The van der Waals surface area contributed by atoms with Crippen molar-refractivity contribution in [1.82, 2.24) is 20.9 Å². The van der Waals surface area contributed by atoms with Gasteiger partial charge >= 0.3 is 5.69 Å². The zero-order valence-corrected chi connectivity index (χ0v) is 15.3. The van der Waals surface area contributed by atoms with Gasteiger partial charge in [-0.05, 0) is 23.5 Å². The Morgan fingerprint density at radius 1 is 1.54 bits per heavy atom. The summed E-state index contributed by atoms with van der Waals surface area (Å²) in [5.41, 5.74) is 4.69. The van der Waals surface area contributed by atoms with Crippen LogP contribution < -0.4 is 21.7 Å². The normalized spacial score (nSPS) is 11.3. The zero-order chi connectivity index (χ0) is 19.7. The van der Waals surface area contributed by atoms with Crippen molar-refractivity contribution in [1.29, 1.82) is 5.41 Å². The number of amides is 2. The van der Waals surface area contributed by atoms with Crippen LogP contribution in [-0.2, 0) is 4.79 Å². The van der Waals surface area contributed by atoms with Gasteiger partial charge in [-0.3, -0.25) is 25.1 Å². The number of carbonyl (C=O) groups excluding carboxylic acids is 2. The van der Waals surface area contributed by atoms with Crippen molar-refractivity contribution in [3.05, 3.63) is 27.9 Å². The maximum absolute atomic E-state index is 12.3. The van der Waals surface area contributed by atoms with E-state index in [-0.39, 0.29) is 23.0 Å². The molecule has 0 aliphatic carbocycles. The molecule has 0 aliphatic heterocycles. The number of hydrogen-bond acceptors (Lipinski definition) is 7. The summed E-state index contributed by atoms with van der Waals surface area (Å²) in [6.07, 6.45) is 1.88. The Morgan fingerprint density at radius 3 is 2.77 bits per heavy atom. The lowest BCUT2D eigenvalue weighted by atomic mass is 10.1. The molecule has 13 heteroatoms. The number of carbonyl (C=O) groups is 2. The number of nitrogens with two attached hydrogens (primary N) is 1. The number of guanidine groups is 1. The van der Waals surface area contributed by atoms with Crippen molar-refractivity contribution in [2.24, 2.45) is 5.73 Å². The first-order chi connectivity index (χ1) is 12.3. The van der Waals surface area contributed by atoms with Gasteiger partial charge in [0, 0.05) is 36.8 Å². The van der Waals surface area contributed by atoms with Crippen LogP contribution in [-0.4, -0.2) is 47.3 Å². The number of halogens is 1. The Bertz CT molecular complexity index is 703. The SMILES string of the molecule is CNC(=O)C(CCCNC(=N)N)NC(=O)c1cnc(SCl)c([N+](=O)[O-])c1. The third-order valence-electron chi connectivity index (χ3n) is 3.22. The molecular weight excluding hydrogens is 386 g/mol. The number of rotatable bonds is 9. The number of nitrogens with one attached hydrogen (secondary N) is 4. The number of likely N-dealkylation sites (N-methyl/N-ethyl adjacent to an activating group) is 1. The number of pyridine rings is 1. The predicted molar refractivity (Wildman–Crippen MR) is 97.1 cm³/mol. The Balaban J connectivity index is 2.85. The van der Waals surface area contributed by atoms with Crippen LogP contribution in [0.4, 0.5) is 5.69 Å². The second kappa shape index (κ2) is 10.4. The van der Waals surface area contributed by atoms with E-state index in [9.17, 15) is 19.7 Å². The molecule has 6 N–H and O–H groups in total. The topological polar surface area (TPSA) is 176 Å². The van der Waals surface area contributed by atoms with E-state index in [0.29, 0.717) is 23.9 Å². The van der Waals surface area contributed by atoms with Gasteiger partial charge in [-0.1, -0.05) is 0 Å². The molecule has 11 nitrogen and oxygen atoms in total. The largest absolute Gasteiger partial charge is 0.370 e. The summed E-state index contributed by atoms with van der Waals surface area (Å²) in [5.74, 6) is -1.29. The Kier molecular flexibility index (Phi) is 8.58. The molecule has 0 aliphatic rings. The van der Waals surface area contributed by atoms with E-state index in [4.69, 9.17) is 21.8 Å². The summed E-state index contributed by atoms with van der Waals surface area (Å²) < 4.78 is 0. The van der Waals surface area contributed by atoms with E-state index in [0.717, 1.165) is 12.3 Å². The molecule has 1 aromatic heterocycles. The van der Waals surface area contributed by atoms with Gasteiger partial charge in [0.1, 0.15) is 6.04 Å². The van der Waals surface area contributed by atoms with Crippen molar-refractivity contribution >= 4 is 45.1 Å². The fourth-order valence-electron chi connectivity index (χ4n) is 1.97. The highest BCUT2D eigenvalue weighted by Crippen LogP contribution is 2.30. The molecule has 0 spiro atoms. The zero-order valence-electron chi connectivity index (χ0n) is 13.7. The van der Waals surface area contributed by atoms with Crippen LogP contribution in [0.5, 0.6) is 0 Å². The maximum Gasteiger partial charge on any atom is 0.303 e. The van der Waals surface area contributed by atoms with Gasteiger partial charge < -0.3 is 21.7 Å². The molecule has 2 amide bonds. The lowest BCUT2D eigenvalue weighted by Crippen LogP contribution is -2.46. The molecule has 0 radical (unpaired) electrons. The fourth-order valence-corrected chi connectivity index (χ4v) is 2.63. The van der Waals surface area contributed by atoms with Gasteiger partial charge in [0.05, 0.1) is 10.5 Å².